The van der Waals surface area contributed by atoms with Gasteiger partial charge in [0.25, 0.3) is 5.91 Å². The SMILES string of the molecule is O=C1Nc2cc(Cl)c(-c3ccc(N4CCOCC4)cc3)cc2C1=C(O)c1cc(Br)no1. The molecule has 1 aromatic heterocycles. The van der Waals surface area contributed by atoms with Gasteiger partial charge in [0.05, 0.1) is 29.5 Å². The van der Waals surface area contributed by atoms with Crippen molar-refractivity contribution in [2.75, 3.05) is 36.5 Å². The lowest BCUT2D eigenvalue weighted by Gasteiger charge is -2.29. The standard InChI is InChI=1S/C22H17BrClN3O4/c23-19-11-18(31-26-19)21(28)20-15-9-14(16(24)10-17(15)25-22(20)29)12-1-3-13(4-2-12)27-5-7-30-8-6-27/h1-4,9-11,28H,5-8H2,(H,25,29). The molecule has 2 aliphatic heterocycles. The summed E-state index contributed by atoms with van der Waals surface area (Å²) in [6.07, 6.45) is 0. The number of hydrogen-bond donors (Lipinski definition) is 2. The van der Waals surface area contributed by atoms with E-state index < -0.39 is 5.91 Å². The van der Waals surface area contributed by atoms with Crippen LogP contribution in [0, 0.1) is 0 Å². The predicted octanol–water partition coefficient (Wildman–Crippen LogP) is 4.97. The van der Waals surface area contributed by atoms with Crippen LogP contribution >= 0.6 is 27.5 Å². The second-order valence-electron chi connectivity index (χ2n) is 7.22. The second-order valence-corrected chi connectivity index (χ2v) is 8.44. The van der Waals surface area contributed by atoms with Crippen molar-refractivity contribution < 1.29 is 19.2 Å². The summed E-state index contributed by atoms with van der Waals surface area (Å²) in [4.78, 5) is 14.8. The van der Waals surface area contributed by atoms with Gasteiger partial charge in [-0.2, -0.15) is 0 Å². The first-order valence-electron chi connectivity index (χ1n) is 9.65. The third kappa shape index (κ3) is 3.71. The lowest BCUT2D eigenvalue weighted by atomic mass is 9.98. The third-order valence-electron chi connectivity index (χ3n) is 5.36. The largest absolute Gasteiger partial charge is 0.504 e. The van der Waals surface area contributed by atoms with Gasteiger partial charge < -0.3 is 24.6 Å². The Balaban J connectivity index is 1.54. The first-order chi connectivity index (χ1) is 15.0. The highest BCUT2D eigenvalue weighted by molar-refractivity contribution is 9.10. The maximum Gasteiger partial charge on any atom is 0.260 e. The number of anilines is 2. The van der Waals surface area contributed by atoms with Crippen molar-refractivity contribution in [1.82, 2.24) is 5.16 Å². The van der Waals surface area contributed by atoms with E-state index in [1.165, 1.54) is 6.07 Å². The molecule has 3 heterocycles. The van der Waals surface area contributed by atoms with E-state index in [0.29, 0.717) is 20.9 Å². The number of hydrogen-bond acceptors (Lipinski definition) is 6. The molecule has 0 saturated carbocycles. The van der Waals surface area contributed by atoms with Gasteiger partial charge in [-0.1, -0.05) is 28.9 Å². The molecule has 3 aromatic rings. The van der Waals surface area contributed by atoms with Gasteiger partial charge in [0, 0.05) is 36.0 Å². The minimum atomic E-state index is -0.434. The molecule has 0 radical (unpaired) electrons. The minimum absolute atomic E-state index is 0.0937. The number of carbonyl (C=O) groups is 1. The summed E-state index contributed by atoms with van der Waals surface area (Å²) < 4.78 is 10.9. The number of aromatic nitrogens is 1. The van der Waals surface area contributed by atoms with E-state index in [1.807, 2.05) is 24.3 Å². The topological polar surface area (TPSA) is 87.8 Å². The number of carbonyl (C=O) groups excluding carboxylic acids is 1. The minimum Gasteiger partial charge on any atom is -0.504 e. The van der Waals surface area contributed by atoms with E-state index in [0.717, 1.165) is 43.1 Å². The van der Waals surface area contributed by atoms with Gasteiger partial charge in [0.2, 0.25) is 5.76 Å². The zero-order valence-corrected chi connectivity index (χ0v) is 18.5. The number of fused-ring (bicyclic) bond motifs is 1. The molecule has 31 heavy (non-hydrogen) atoms. The fourth-order valence-corrected chi connectivity index (χ4v) is 4.36. The quantitative estimate of drug-likeness (QED) is 0.388. The number of aliphatic hydroxyl groups excluding tert-OH is 1. The Morgan fingerprint density at radius 1 is 1.13 bits per heavy atom. The molecule has 1 saturated heterocycles. The summed E-state index contributed by atoms with van der Waals surface area (Å²) >= 11 is 9.71. The first-order valence-corrected chi connectivity index (χ1v) is 10.8. The van der Waals surface area contributed by atoms with Crippen molar-refractivity contribution >= 4 is 56.1 Å². The van der Waals surface area contributed by atoms with Gasteiger partial charge in [-0.15, -0.1) is 0 Å². The number of ether oxygens (including phenoxy) is 1. The molecule has 2 aromatic carbocycles. The summed E-state index contributed by atoms with van der Waals surface area (Å²) in [5.74, 6) is -0.627. The van der Waals surface area contributed by atoms with E-state index in [2.05, 4.69) is 31.3 Å². The van der Waals surface area contributed by atoms with Gasteiger partial charge in [-0.05, 0) is 45.8 Å². The van der Waals surface area contributed by atoms with Crippen LogP contribution in [-0.2, 0) is 9.53 Å². The first kappa shape index (κ1) is 20.1. The van der Waals surface area contributed by atoms with Crippen LogP contribution in [0.3, 0.4) is 0 Å². The Morgan fingerprint density at radius 3 is 2.55 bits per heavy atom. The Hall–Kier alpha value is -2.81. The molecule has 0 bridgehead atoms. The molecule has 0 unspecified atom stereocenters. The van der Waals surface area contributed by atoms with Gasteiger partial charge in [-0.25, -0.2) is 0 Å². The fourth-order valence-electron chi connectivity index (χ4n) is 3.81. The number of nitrogens with one attached hydrogen (secondary N) is 1. The van der Waals surface area contributed by atoms with Gasteiger partial charge in [0.1, 0.15) is 4.60 Å². The molecular weight excluding hydrogens is 486 g/mol. The number of halogens is 2. The summed E-state index contributed by atoms with van der Waals surface area (Å²) in [7, 11) is 0. The predicted molar refractivity (Wildman–Crippen MR) is 122 cm³/mol. The number of rotatable bonds is 3. The Labute approximate surface area is 191 Å². The summed E-state index contributed by atoms with van der Waals surface area (Å²) in [5.41, 5.74) is 3.98. The van der Waals surface area contributed by atoms with E-state index in [9.17, 15) is 9.90 Å². The molecule has 7 nitrogen and oxygen atoms in total. The molecule has 2 aliphatic rings. The number of benzene rings is 2. The summed E-state index contributed by atoms with van der Waals surface area (Å²) in [6, 6.07) is 13.1. The second kappa shape index (κ2) is 8.03. The number of morpholine rings is 1. The highest BCUT2D eigenvalue weighted by atomic mass is 79.9. The molecule has 5 rings (SSSR count). The van der Waals surface area contributed by atoms with Crippen LogP contribution in [0.5, 0.6) is 0 Å². The van der Waals surface area contributed by atoms with Crippen molar-refractivity contribution in [2.45, 2.75) is 0 Å². The molecule has 2 N–H and O–H groups in total. The van der Waals surface area contributed by atoms with Gasteiger partial charge >= 0.3 is 0 Å². The van der Waals surface area contributed by atoms with Crippen molar-refractivity contribution in [1.29, 1.82) is 0 Å². The number of nitrogens with zero attached hydrogens (tertiary/aromatic N) is 2. The molecule has 158 valence electrons. The molecule has 0 aliphatic carbocycles. The van der Waals surface area contributed by atoms with Crippen molar-refractivity contribution in [3.8, 4) is 11.1 Å². The van der Waals surface area contributed by atoms with E-state index in [4.69, 9.17) is 20.9 Å². The van der Waals surface area contributed by atoms with Crippen molar-refractivity contribution in [3.63, 3.8) is 0 Å². The smallest absolute Gasteiger partial charge is 0.260 e. The summed E-state index contributed by atoms with van der Waals surface area (Å²) in [5, 5.41) is 17.6. The van der Waals surface area contributed by atoms with Crippen molar-refractivity contribution in [3.05, 3.63) is 63.4 Å². The van der Waals surface area contributed by atoms with Gasteiger partial charge in [-0.3, -0.25) is 4.79 Å². The maximum atomic E-state index is 12.6. The molecular formula is C22H17BrClN3O4. The monoisotopic (exact) mass is 501 g/mol. The molecule has 9 heteroatoms. The van der Waals surface area contributed by atoms with Crippen molar-refractivity contribution in [2.24, 2.45) is 0 Å². The van der Waals surface area contributed by atoms with E-state index in [-0.39, 0.29) is 17.1 Å². The Bertz CT molecular complexity index is 1200. The Kier molecular flexibility index (Phi) is 5.21. The van der Waals surface area contributed by atoms with Crippen LogP contribution in [0.2, 0.25) is 5.02 Å². The maximum absolute atomic E-state index is 12.6. The van der Waals surface area contributed by atoms with E-state index in [1.54, 1.807) is 12.1 Å². The van der Waals surface area contributed by atoms with Crippen LogP contribution in [0.4, 0.5) is 11.4 Å². The van der Waals surface area contributed by atoms with Crippen LogP contribution < -0.4 is 10.2 Å². The van der Waals surface area contributed by atoms with Crippen LogP contribution in [0.25, 0.3) is 22.5 Å². The number of aliphatic hydroxyl groups is 1. The zero-order chi connectivity index (χ0) is 21.5. The summed E-state index contributed by atoms with van der Waals surface area (Å²) in [6.45, 7) is 3.16. The molecule has 1 amide bonds. The van der Waals surface area contributed by atoms with Crippen LogP contribution in [0.15, 0.2) is 51.6 Å². The average molecular weight is 503 g/mol. The molecule has 0 spiro atoms. The fraction of sp³-hybridized carbons (Fsp3) is 0.182. The van der Waals surface area contributed by atoms with Crippen LogP contribution in [-0.4, -0.2) is 42.5 Å². The third-order valence-corrected chi connectivity index (χ3v) is 6.04. The lowest BCUT2D eigenvalue weighted by molar-refractivity contribution is -0.110. The highest BCUT2D eigenvalue weighted by Gasteiger charge is 2.31. The number of amides is 1. The lowest BCUT2D eigenvalue weighted by Crippen LogP contribution is -2.36. The zero-order valence-electron chi connectivity index (χ0n) is 16.2. The van der Waals surface area contributed by atoms with Crippen LogP contribution in [0.1, 0.15) is 11.3 Å². The normalized spacial score (nSPS) is 17.5. The van der Waals surface area contributed by atoms with E-state index >= 15 is 0 Å². The van der Waals surface area contributed by atoms with Gasteiger partial charge in [0.15, 0.2) is 5.76 Å². The average Bonchev–Trinajstić information content (AvgIpc) is 3.35. The highest BCUT2D eigenvalue weighted by Crippen LogP contribution is 2.42. The Morgan fingerprint density at radius 2 is 1.87 bits per heavy atom. The molecule has 0 atom stereocenters. The molecule has 1 fully saturated rings.